The third-order valence-electron chi connectivity index (χ3n) is 3.23. The molecule has 114 valence electrons. The SMILES string of the molecule is COCCn1ncc(Cl)c1C(NN)c1ccccc1OC. The van der Waals surface area contributed by atoms with E-state index >= 15 is 0 Å². The van der Waals surface area contributed by atoms with Crippen LogP contribution in [0.15, 0.2) is 30.5 Å². The van der Waals surface area contributed by atoms with Crippen molar-refractivity contribution < 1.29 is 9.47 Å². The van der Waals surface area contributed by atoms with E-state index < -0.39 is 0 Å². The minimum Gasteiger partial charge on any atom is -0.496 e. The van der Waals surface area contributed by atoms with Crippen molar-refractivity contribution in [2.45, 2.75) is 12.6 Å². The van der Waals surface area contributed by atoms with Gasteiger partial charge in [0.1, 0.15) is 5.75 Å². The molecule has 0 saturated carbocycles. The highest BCUT2D eigenvalue weighted by atomic mass is 35.5. The Morgan fingerprint density at radius 3 is 2.81 bits per heavy atom. The number of aromatic nitrogens is 2. The van der Waals surface area contributed by atoms with Gasteiger partial charge < -0.3 is 9.47 Å². The summed E-state index contributed by atoms with van der Waals surface area (Å²) >= 11 is 6.28. The lowest BCUT2D eigenvalue weighted by molar-refractivity contribution is 0.182. The average molecular weight is 311 g/mol. The molecule has 1 atom stereocenters. The lowest BCUT2D eigenvalue weighted by Crippen LogP contribution is -2.31. The number of para-hydroxylation sites is 1. The van der Waals surface area contributed by atoms with E-state index in [4.69, 9.17) is 26.9 Å². The van der Waals surface area contributed by atoms with Gasteiger partial charge in [-0.25, -0.2) is 5.43 Å². The molecule has 2 aromatic rings. The van der Waals surface area contributed by atoms with Gasteiger partial charge >= 0.3 is 0 Å². The van der Waals surface area contributed by atoms with E-state index in [2.05, 4.69) is 10.5 Å². The van der Waals surface area contributed by atoms with Gasteiger partial charge in [0.05, 0.1) is 43.2 Å². The van der Waals surface area contributed by atoms with E-state index in [0.717, 1.165) is 17.0 Å². The van der Waals surface area contributed by atoms with Crippen molar-refractivity contribution in [1.82, 2.24) is 15.2 Å². The van der Waals surface area contributed by atoms with E-state index in [1.54, 1.807) is 25.1 Å². The Morgan fingerprint density at radius 1 is 1.38 bits per heavy atom. The second-order valence-electron chi connectivity index (χ2n) is 4.44. The maximum atomic E-state index is 6.28. The number of nitrogens with two attached hydrogens (primary N) is 1. The number of rotatable bonds is 7. The molecular weight excluding hydrogens is 292 g/mol. The quantitative estimate of drug-likeness (QED) is 0.602. The van der Waals surface area contributed by atoms with Crippen molar-refractivity contribution in [2.24, 2.45) is 5.84 Å². The smallest absolute Gasteiger partial charge is 0.124 e. The van der Waals surface area contributed by atoms with Crippen molar-refractivity contribution in [3.05, 3.63) is 46.7 Å². The van der Waals surface area contributed by atoms with Gasteiger partial charge in [0, 0.05) is 12.7 Å². The predicted molar refractivity (Wildman–Crippen MR) is 81.3 cm³/mol. The van der Waals surface area contributed by atoms with Crippen LogP contribution in [0.2, 0.25) is 5.02 Å². The van der Waals surface area contributed by atoms with Crippen LogP contribution in [0.3, 0.4) is 0 Å². The Labute approximate surface area is 128 Å². The molecule has 1 aromatic carbocycles. The minimum atomic E-state index is -0.326. The second kappa shape index (κ2) is 7.42. The number of nitrogens with one attached hydrogen (secondary N) is 1. The molecule has 0 aliphatic rings. The van der Waals surface area contributed by atoms with E-state index in [9.17, 15) is 0 Å². The summed E-state index contributed by atoms with van der Waals surface area (Å²) in [4.78, 5) is 0. The van der Waals surface area contributed by atoms with Gasteiger partial charge in [-0.1, -0.05) is 29.8 Å². The van der Waals surface area contributed by atoms with Crippen molar-refractivity contribution in [2.75, 3.05) is 20.8 Å². The number of ether oxygens (including phenoxy) is 2. The van der Waals surface area contributed by atoms with Crippen LogP contribution >= 0.6 is 11.6 Å². The van der Waals surface area contributed by atoms with Gasteiger partial charge in [-0.3, -0.25) is 10.5 Å². The fourth-order valence-corrected chi connectivity index (χ4v) is 2.49. The van der Waals surface area contributed by atoms with Crippen LogP contribution in [0, 0.1) is 0 Å². The number of hydrogen-bond donors (Lipinski definition) is 2. The number of nitrogens with zero attached hydrogens (tertiary/aromatic N) is 2. The summed E-state index contributed by atoms with van der Waals surface area (Å²) in [6, 6.07) is 7.32. The highest BCUT2D eigenvalue weighted by Gasteiger charge is 2.23. The van der Waals surface area contributed by atoms with Gasteiger partial charge in [-0.05, 0) is 6.07 Å². The molecule has 6 nitrogen and oxygen atoms in total. The van der Waals surface area contributed by atoms with Crippen molar-refractivity contribution in [3.63, 3.8) is 0 Å². The molecule has 0 amide bonds. The van der Waals surface area contributed by atoms with Crippen molar-refractivity contribution in [1.29, 1.82) is 0 Å². The Kier molecular flexibility index (Phi) is 5.58. The van der Waals surface area contributed by atoms with E-state index in [1.165, 1.54) is 0 Å². The zero-order valence-electron chi connectivity index (χ0n) is 12.0. The Hall–Kier alpha value is -1.60. The summed E-state index contributed by atoms with van der Waals surface area (Å²) in [6.45, 7) is 1.13. The molecule has 0 aliphatic heterocycles. The zero-order valence-corrected chi connectivity index (χ0v) is 12.8. The first kappa shape index (κ1) is 15.8. The van der Waals surface area contributed by atoms with Gasteiger partial charge in [0.25, 0.3) is 0 Å². The molecule has 0 radical (unpaired) electrons. The van der Waals surface area contributed by atoms with Gasteiger partial charge in [-0.2, -0.15) is 5.10 Å². The summed E-state index contributed by atoms with van der Waals surface area (Å²) in [6.07, 6.45) is 1.60. The summed E-state index contributed by atoms with van der Waals surface area (Å²) in [5.74, 6) is 6.48. The third-order valence-corrected chi connectivity index (χ3v) is 3.52. The normalized spacial score (nSPS) is 12.4. The van der Waals surface area contributed by atoms with Crippen LogP contribution in [0.1, 0.15) is 17.3 Å². The Bertz CT molecular complexity index is 588. The molecule has 1 aromatic heterocycles. The molecule has 2 rings (SSSR count). The molecule has 7 heteroatoms. The number of benzene rings is 1. The summed E-state index contributed by atoms with van der Waals surface area (Å²) in [5.41, 5.74) is 4.46. The first-order valence-electron chi connectivity index (χ1n) is 6.52. The molecule has 0 spiro atoms. The first-order valence-corrected chi connectivity index (χ1v) is 6.90. The number of hydrogen-bond acceptors (Lipinski definition) is 5. The molecule has 0 saturated heterocycles. The lowest BCUT2D eigenvalue weighted by atomic mass is 10.0. The maximum Gasteiger partial charge on any atom is 0.124 e. The Morgan fingerprint density at radius 2 is 2.14 bits per heavy atom. The number of methoxy groups -OCH3 is 2. The Balaban J connectivity index is 2.44. The minimum absolute atomic E-state index is 0.326. The summed E-state index contributed by atoms with van der Waals surface area (Å²) in [5, 5.41) is 4.81. The summed E-state index contributed by atoms with van der Waals surface area (Å²) in [7, 11) is 3.26. The average Bonchev–Trinajstić information content (AvgIpc) is 2.88. The predicted octanol–water partition coefficient (Wildman–Crippen LogP) is 1.74. The van der Waals surface area contributed by atoms with Gasteiger partial charge in [0.15, 0.2) is 0 Å². The van der Waals surface area contributed by atoms with E-state index in [0.29, 0.717) is 18.2 Å². The van der Waals surface area contributed by atoms with Crippen LogP contribution in [0.5, 0.6) is 5.75 Å². The fraction of sp³-hybridized carbons (Fsp3) is 0.357. The third kappa shape index (κ3) is 3.36. The zero-order chi connectivity index (χ0) is 15.2. The number of hydrazine groups is 1. The van der Waals surface area contributed by atoms with Gasteiger partial charge in [-0.15, -0.1) is 0 Å². The standard InChI is InChI=1S/C14H19ClN4O2/c1-20-8-7-19-14(11(15)9-17-19)13(18-16)10-5-3-4-6-12(10)21-2/h3-6,9,13,18H,7-8,16H2,1-2H3. The second-order valence-corrected chi connectivity index (χ2v) is 4.84. The highest BCUT2D eigenvalue weighted by Crippen LogP contribution is 2.32. The molecule has 0 bridgehead atoms. The molecule has 0 aliphatic carbocycles. The molecule has 21 heavy (non-hydrogen) atoms. The first-order chi connectivity index (χ1) is 10.2. The van der Waals surface area contributed by atoms with Crippen LogP contribution in [-0.2, 0) is 11.3 Å². The van der Waals surface area contributed by atoms with E-state index in [1.807, 2.05) is 24.3 Å². The molecule has 1 heterocycles. The van der Waals surface area contributed by atoms with Crippen molar-refractivity contribution in [3.8, 4) is 5.75 Å². The lowest BCUT2D eigenvalue weighted by Gasteiger charge is -2.21. The molecule has 0 fully saturated rings. The summed E-state index contributed by atoms with van der Waals surface area (Å²) < 4.78 is 12.3. The molecule has 3 N–H and O–H groups in total. The van der Waals surface area contributed by atoms with Crippen molar-refractivity contribution >= 4 is 11.6 Å². The van der Waals surface area contributed by atoms with Crippen LogP contribution in [0.4, 0.5) is 0 Å². The van der Waals surface area contributed by atoms with Crippen LogP contribution in [-0.4, -0.2) is 30.6 Å². The van der Waals surface area contributed by atoms with Gasteiger partial charge in [0.2, 0.25) is 0 Å². The van der Waals surface area contributed by atoms with E-state index in [-0.39, 0.29) is 6.04 Å². The van der Waals surface area contributed by atoms with Crippen LogP contribution in [0.25, 0.3) is 0 Å². The number of halogens is 1. The van der Waals surface area contributed by atoms with Crippen LogP contribution < -0.4 is 16.0 Å². The largest absolute Gasteiger partial charge is 0.496 e. The fourth-order valence-electron chi connectivity index (χ4n) is 2.24. The molecule has 1 unspecified atom stereocenters. The topological polar surface area (TPSA) is 74.3 Å². The molecular formula is C14H19ClN4O2. The highest BCUT2D eigenvalue weighted by molar-refractivity contribution is 6.31. The monoisotopic (exact) mass is 310 g/mol. The maximum absolute atomic E-state index is 6.28.